The maximum absolute atomic E-state index is 13.1. The molecule has 0 radical (unpaired) electrons. The van der Waals surface area contributed by atoms with Gasteiger partial charge < -0.3 is 5.32 Å². The lowest BCUT2D eigenvalue weighted by atomic mass is 10.2. The Kier molecular flexibility index (Phi) is 5.66. The molecule has 0 atom stereocenters. The van der Waals surface area contributed by atoms with Crippen molar-refractivity contribution in [1.82, 2.24) is 9.78 Å². The number of aromatic nitrogens is 2. The second-order valence-corrected chi connectivity index (χ2v) is 8.86. The SMILES string of the molecule is Cc1cc(NC(=O)c2ccccc2S(C)(=O)=O)n(-c2cc(C(F)(F)F)ccc2Cl)n1. The number of rotatable bonds is 4. The fraction of sp³-hybridized carbons (Fsp3) is 0.158. The summed E-state index contributed by atoms with van der Waals surface area (Å²) in [4.78, 5) is 12.6. The highest BCUT2D eigenvalue weighted by Gasteiger charge is 2.31. The molecule has 0 unspecified atom stereocenters. The molecule has 0 spiro atoms. The molecule has 11 heteroatoms. The first-order valence-electron chi connectivity index (χ1n) is 8.42. The summed E-state index contributed by atoms with van der Waals surface area (Å²) < 4.78 is 64.3. The number of alkyl halides is 3. The zero-order chi connectivity index (χ0) is 22.3. The Morgan fingerprint density at radius 2 is 1.80 bits per heavy atom. The number of nitrogens with one attached hydrogen (secondary N) is 1. The van der Waals surface area contributed by atoms with E-state index < -0.39 is 27.5 Å². The summed E-state index contributed by atoms with van der Waals surface area (Å²) in [5.74, 6) is -0.734. The van der Waals surface area contributed by atoms with Gasteiger partial charge in [0.25, 0.3) is 5.91 Å². The van der Waals surface area contributed by atoms with Gasteiger partial charge in [0.1, 0.15) is 5.82 Å². The van der Waals surface area contributed by atoms with Crippen LogP contribution in [0.5, 0.6) is 0 Å². The monoisotopic (exact) mass is 457 g/mol. The summed E-state index contributed by atoms with van der Waals surface area (Å²) >= 11 is 6.08. The molecule has 0 aliphatic carbocycles. The molecule has 3 rings (SSSR count). The van der Waals surface area contributed by atoms with Gasteiger partial charge in [-0.3, -0.25) is 4.79 Å². The standard InChI is InChI=1S/C19H15ClF3N3O3S/c1-11-9-17(24-18(27)13-5-3-4-6-16(13)30(2,28)29)26(25-11)15-10-12(19(21,22)23)7-8-14(15)20/h3-10H,1-2H3,(H,24,27). The van der Waals surface area contributed by atoms with Crippen LogP contribution in [0.3, 0.4) is 0 Å². The minimum atomic E-state index is -4.60. The number of nitrogens with zero attached hydrogens (tertiary/aromatic N) is 2. The van der Waals surface area contributed by atoms with E-state index in [2.05, 4.69) is 10.4 Å². The van der Waals surface area contributed by atoms with Crippen LogP contribution < -0.4 is 5.32 Å². The van der Waals surface area contributed by atoms with Gasteiger partial charge in [-0.25, -0.2) is 13.1 Å². The molecule has 0 aliphatic heterocycles. The number of sulfone groups is 1. The number of aryl methyl sites for hydroxylation is 1. The molecule has 1 N–H and O–H groups in total. The molecule has 1 heterocycles. The third-order valence-corrected chi connectivity index (χ3v) is 5.58. The van der Waals surface area contributed by atoms with Gasteiger partial charge in [-0.1, -0.05) is 23.7 Å². The van der Waals surface area contributed by atoms with Crippen molar-refractivity contribution in [1.29, 1.82) is 0 Å². The molecule has 0 saturated carbocycles. The first kappa shape index (κ1) is 21.8. The van der Waals surface area contributed by atoms with E-state index in [0.717, 1.165) is 29.1 Å². The Balaban J connectivity index is 2.06. The van der Waals surface area contributed by atoms with E-state index in [4.69, 9.17) is 11.6 Å². The zero-order valence-corrected chi connectivity index (χ0v) is 17.2. The van der Waals surface area contributed by atoms with E-state index in [-0.39, 0.29) is 27.0 Å². The first-order valence-corrected chi connectivity index (χ1v) is 10.7. The molecule has 0 aliphatic rings. The summed E-state index contributed by atoms with van der Waals surface area (Å²) in [7, 11) is -3.69. The summed E-state index contributed by atoms with van der Waals surface area (Å²) in [6, 6.07) is 9.75. The molecule has 1 aromatic heterocycles. The van der Waals surface area contributed by atoms with Crippen LogP contribution in [-0.2, 0) is 16.0 Å². The predicted molar refractivity (Wildman–Crippen MR) is 106 cm³/mol. The Bertz CT molecular complexity index is 1240. The number of carbonyl (C=O) groups excluding carboxylic acids is 1. The van der Waals surface area contributed by atoms with Crippen LogP contribution >= 0.6 is 11.6 Å². The smallest absolute Gasteiger partial charge is 0.306 e. The molecule has 2 aromatic carbocycles. The predicted octanol–water partition coefficient (Wildman–Crippen LogP) is 4.51. The summed E-state index contributed by atoms with van der Waals surface area (Å²) in [5, 5.41) is 6.60. The average molecular weight is 458 g/mol. The highest BCUT2D eigenvalue weighted by atomic mass is 35.5. The molecular weight excluding hydrogens is 443 g/mol. The minimum Gasteiger partial charge on any atom is -0.306 e. The van der Waals surface area contributed by atoms with Crippen molar-refractivity contribution >= 4 is 33.2 Å². The quantitative estimate of drug-likeness (QED) is 0.625. The second kappa shape index (κ2) is 7.77. The van der Waals surface area contributed by atoms with Crippen LogP contribution in [-0.4, -0.2) is 30.4 Å². The highest BCUT2D eigenvalue weighted by Crippen LogP contribution is 2.34. The van der Waals surface area contributed by atoms with Gasteiger partial charge in [-0.05, 0) is 37.3 Å². The Labute approximate surface area is 175 Å². The molecule has 0 fully saturated rings. The lowest BCUT2D eigenvalue weighted by Crippen LogP contribution is -2.18. The topological polar surface area (TPSA) is 81.1 Å². The number of amides is 1. The lowest BCUT2D eigenvalue weighted by molar-refractivity contribution is -0.137. The summed E-state index contributed by atoms with van der Waals surface area (Å²) in [6.45, 7) is 1.58. The molecule has 0 bridgehead atoms. The number of anilines is 1. The minimum absolute atomic E-state index is 0.0156. The maximum Gasteiger partial charge on any atom is 0.416 e. The number of benzene rings is 2. The number of halogens is 4. The van der Waals surface area contributed by atoms with E-state index in [1.165, 1.54) is 30.3 Å². The van der Waals surface area contributed by atoms with Crippen molar-refractivity contribution in [2.75, 3.05) is 11.6 Å². The van der Waals surface area contributed by atoms with E-state index in [1.54, 1.807) is 6.92 Å². The fourth-order valence-corrected chi connectivity index (χ4v) is 3.87. The van der Waals surface area contributed by atoms with Crippen molar-refractivity contribution in [2.45, 2.75) is 18.0 Å². The molecule has 3 aromatic rings. The van der Waals surface area contributed by atoms with Gasteiger partial charge in [0.05, 0.1) is 32.4 Å². The Morgan fingerprint density at radius 1 is 1.13 bits per heavy atom. The third kappa shape index (κ3) is 4.49. The van der Waals surface area contributed by atoms with Crippen LogP contribution in [0.15, 0.2) is 53.4 Å². The summed E-state index contributed by atoms with van der Waals surface area (Å²) in [6.07, 6.45) is -3.63. The maximum atomic E-state index is 13.1. The van der Waals surface area contributed by atoms with Crippen LogP contribution in [0, 0.1) is 6.92 Å². The van der Waals surface area contributed by atoms with Crippen LogP contribution in [0.2, 0.25) is 5.02 Å². The van der Waals surface area contributed by atoms with Gasteiger partial charge in [0, 0.05) is 12.3 Å². The fourth-order valence-electron chi connectivity index (χ4n) is 2.78. The van der Waals surface area contributed by atoms with E-state index in [0.29, 0.717) is 5.69 Å². The van der Waals surface area contributed by atoms with Crippen molar-refractivity contribution in [3.05, 3.63) is 70.4 Å². The van der Waals surface area contributed by atoms with Crippen molar-refractivity contribution in [3.8, 4) is 5.69 Å². The molecule has 1 amide bonds. The van der Waals surface area contributed by atoms with Gasteiger partial charge in [0.2, 0.25) is 0 Å². The van der Waals surface area contributed by atoms with Crippen LogP contribution in [0.4, 0.5) is 19.0 Å². The van der Waals surface area contributed by atoms with Crippen LogP contribution in [0.1, 0.15) is 21.6 Å². The second-order valence-electron chi connectivity index (χ2n) is 6.47. The third-order valence-electron chi connectivity index (χ3n) is 4.11. The molecule has 0 saturated heterocycles. The molecule has 30 heavy (non-hydrogen) atoms. The Morgan fingerprint density at radius 3 is 2.43 bits per heavy atom. The highest BCUT2D eigenvalue weighted by molar-refractivity contribution is 7.90. The number of hydrogen-bond acceptors (Lipinski definition) is 4. The van der Waals surface area contributed by atoms with E-state index in [1.807, 2.05) is 0 Å². The van der Waals surface area contributed by atoms with Gasteiger partial charge in [-0.2, -0.15) is 18.3 Å². The first-order chi connectivity index (χ1) is 13.9. The Hall–Kier alpha value is -2.85. The average Bonchev–Trinajstić information content (AvgIpc) is 3.00. The lowest BCUT2D eigenvalue weighted by Gasteiger charge is -2.14. The van der Waals surface area contributed by atoms with Gasteiger partial charge in [-0.15, -0.1) is 0 Å². The number of hydrogen-bond donors (Lipinski definition) is 1. The number of carbonyl (C=O) groups is 1. The van der Waals surface area contributed by atoms with Crippen LogP contribution in [0.25, 0.3) is 5.69 Å². The molecule has 158 valence electrons. The van der Waals surface area contributed by atoms with Crippen molar-refractivity contribution < 1.29 is 26.4 Å². The van der Waals surface area contributed by atoms with Gasteiger partial charge in [0.15, 0.2) is 9.84 Å². The van der Waals surface area contributed by atoms with E-state index >= 15 is 0 Å². The van der Waals surface area contributed by atoms with Crippen molar-refractivity contribution in [2.24, 2.45) is 0 Å². The summed E-state index contributed by atoms with van der Waals surface area (Å²) in [5.41, 5.74) is -0.739. The zero-order valence-electron chi connectivity index (χ0n) is 15.7. The molecular formula is C19H15ClF3N3O3S. The van der Waals surface area contributed by atoms with E-state index in [9.17, 15) is 26.4 Å². The largest absolute Gasteiger partial charge is 0.416 e. The van der Waals surface area contributed by atoms with Gasteiger partial charge >= 0.3 is 6.18 Å². The molecule has 6 nitrogen and oxygen atoms in total. The van der Waals surface area contributed by atoms with Crippen molar-refractivity contribution in [3.63, 3.8) is 0 Å². The normalized spacial score (nSPS) is 12.1.